The molecule has 124 valence electrons. The van der Waals surface area contributed by atoms with E-state index in [2.05, 4.69) is 36.4 Å². The Morgan fingerprint density at radius 1 is 0.840 bits per heavy atom. The molecule has 0 unspecified atom stereocenters. The van der Waals surface area contributed by atoms with Gasteiger partial charge < -0.3 is 12.6 Å². The molecule has 1 spiro atoms. The van der Waals surface area contributed by atoms with Crippen LogP contribution in [0, 0.1) is 0 Å². The van der Waals surface area contributed by atoms with Gasteiger partial charge in [0.1, 0.15) is 0 Å². The molecular weight excluding hydrogens is 324 g/mol. The van der Waals surface area contributed by atoms with E-state index >= 15 is 0 Å². The molecule has 1 fully saturated rings. The molecule has 2 nitrogen and oxygen atoms in total. The summed E-state index contributed by atoms with van der Waals surface area (Å²) in [5.41, 5.74) is 6.13. The Morgan fingerprint density at radius 2 is 1.56 bits per heavy atom. The van der Waals surface area contributed by atoms with E-state index in [0.717, 1.165) is 28.5 Å². The molecule has 0 aliphatic heterocycles. The minimum Gasteiger partial charge on any atom is -0.760 e. The van der Waals surface area contributed by atoms with Gasteiger partial charge >= 0.3 is 0 Å². The molecule has 0 amide bonds. The summed E-state index contributed by atoms with van der Waals surface area (Å²) in [6, 6.07) is 18.8. The summed E-state index contributed by atoms with van der Waals surface area (Å²) in [4.78, 5) is 9.78. The van der Waals surface area contributed by atoms with Crippen LogP contribution in [0.5, 0.6) is 0 Å². The standard InChI is InChI=1S/C22H20N2S/c25-21-18-19(23-20(24-21)15-8-2-1-3-9-15)17-11-5-4-10-16(17)14-22(18)12-6-7-13-22/h1-5,8-11H,6-7,12-14H2,(H,23,24,25)/p-1. The van der Waals surface area contributed by atoms with Gasteiger partial charge in [-0.05, 0) is 30.4 Å². The second-order valence-corrected chi connectivity index (χ2v) is 7.65. The average molecular weight is 343 g/mol. The van der Waals surface area contributed by atoms with Crippen molar-refractivity contribution in [1.29, 1.82) is 0 Å². The Hall–Kier alpha value is -2.26. The maximum Gasteiger partial charge on any atom is 0.158 e. The van der Waals surface area contributed by atoms with Crippen LogP contribution in [0.25, 0.3) is 22.6 Å². The summed E-state index contributed by atoms with van der Waals surface area (Å²) in [6.45, 7) is 0. The van der Waals surface area contributed by atoms with E-state index in [1.807, 2.05) is 18.2 Å². The number of rotatable bonds is 1. The van der Waals surface area contributed by atoms with Gasteiger partial charge in [-0.2, -0.15) is 0 Å². The van der Waals surface area contributed by atoms with E-state index in [9.17, 15) is 0 Å². The molecule has 5 rings (SSSR count). The third-order valence-corrected chi connectivity index (χ3v) is 6.10. The van der Waals surface area contributed by atoms with Crippen LogP contribution in [0.15, 0.2) is 59.6 Å². The number of aromatic nitrogens is 2. The van der Waals surface area contributed by atoms with Crippen LogP contribution in [0.1, 0.15) is 36.8 Å². The van der Waals surface area contributed by atoms with Gasteiger partial charge in [-0.15, -0.1) is 0 Å². The van der Waals surface area contributed by atoms with Crippen molar-refractivity contribution in [3.05, 3.63) is 65.7 Å². The van der Waals surface area contributed by atoms with Crippen molar-refractivity contribution in [1.82, 2.24) is 9.97 Å². The number of fused-ring (bicyclic) bond motifs is 4. The van der Waals surface area contributed by atoms with Crippen LogP contribution >= 0.6 is 0 Å². The average Bonchev–Trinajstić information content (AvgIpc) is 3.10. The molecule has 3 aromatic rings. The van der Waals surface area contributed by atoms with Gasteiger partial charge in [0, 0.05) is 16.5 Å². The Kier molecular flexibility index (Phi) is 3.39. The molecule has 2 aliphatic carbocycles. The third kappa shape index (κ3) is 2.30. The lowest BCUT2D eigenvalue weighted by atomic mass is 9.68. The fraction of sp³-hybridized carbons (Fsp3) is 0.273. The van der Waals surface area contributed by atoms with Crippen LogP contribution in [-0.4, -0.2) is 9.97 Å². The van der Waals surface area contributed by atoms with E-state index in [0.29, 0.717) is 0 Å². The largest absolute Gasteiger partial charge is 0.760 e. The predicted molar refractivity (Wildman–Crippen MR) is 102 cm³/mol. The van der Waals surface area contributed by atoms with Crippen molar-refractivity contribution in [2.45, 2.75) is 42.5 Å². The molecule has 25 heavy (non-hydrogen) atoms. The Labute approximate surface area is 153 Å². The second kappa shape index (κ2) is 5.63. The highest BCUT2D eigenvalue weighted by Gasteiger charge is 2.42. The summed E-state index contributed by atoms with van der Waals surface area (Å²) >= 11 is 5.81. The van der Waals surface area contributed by atoms with Gasteiger partial charge in [-0.1, -0.05) is 72.5 Å². The molecule has 1 aromatic heterocycles. The fourth-order valence-electron chi connectivity index (χ4n) is 4.67. The zero-order valence-electron chi connectivity index (χ0n) is 14.0. The summed E-state index contributed by atoms with van der Waals surface area (Å²) in [5, 5.41) is 0.750. The first kappa shape index (κ1) is 15.0. The summed E-state index contributed by atoms with van der Waals surface area (Å²) < 4.78 is 0. The van der Waals surface area contributed by atoms with E-state index < -0.39 is 0 Å². The van der Waals surface area contributed by atoms with Crippen molar-refractivity contribution in [2.75, 3.05) is 0 Å². The van der Waals surface area contributed by atoms with E-state index in [1.54, 1.807) is 0 Å². The van der Waals surface area contributed by atoms with Gasteiger partial charge in [0.25, 0.3) is 0 Å². The molecule has 1 saturated carbocycles. The monoisotopic (exact) mass is 343 g/mol. The topological polar surface area (TPSA) is 25.8 Å². The quantitative estimate of drug-likeness (QED) is 0.455. The SMILES string of the molecule is [S-]c1nc(-c2ccccc2)nc2c1C1(CCCC1)Cc1ccccc1-2. The first-order valence-corrected chi connectivity index (χ1v) is 9.41. The molecule has 0 radical (unpaired) electrons. The van der Waals surface area contributed by atoms with Crippen molar-refractivity contribution in [3.63, 3.8) is 0 Å². The number of hydrogen-bond acceptors (Lipinski definition) is 3. The minimum absolute atomic E-state index is 0.149. The smallest absolute Gasteiger partial charge is 0.158 e. The van der Waals surface area contributed by atoms with E-state index in [1.165, 1.54) is 42.4 Å². The zero-order valence-corrected chi connectivity index (χ0v) is 14.9. The first-order chi connectivity index (χ1) is 12.3. The molecule has 0 N–H and O–H groups in total. The zero-order chi connectivity index (χ0) is 16.9. The second-order valence-electron chi connectivity index (χ2n) is 7.26. The van der Waals surface area contributed by atoms with Crippen molar-refractivity contribution < 1.29 is 0 Å². The molecule has 2 aromatic carbocycles. The Morgan fingerprint density at radius 3 is 2.36 bits per heavy atom. The lowest BCUT2D eigenvalue weighted by Crippen LogP contribution is -2.31. The summed E-state index contributed by atoms with van der Waals surface area (Å²) in [5.74, 6) is 0.745. The predicted octanol–water partition coefficient (Wildman–Crippen LogP) is 5.08. The molecule has 0 bridgehead atoms. The minimum atomic E-state index is 0.149. The normalized spacial score (nSPS) is 17.3. The van der Waals surface area contributed by atoms with E-state index in [-0.39, 0.29) is 5.41 Å². The highest BCUT2D eigenvalue weighted by atomic mass is 32.1. The van der Waals surface area contributed by atoms with Crippen molar-refractivity contribution in [2.24, 2.45) is 0 Å². The van der Waals surface area contributed by atoms with Crippen LogP contribution in [-0.2, 0) is 24.5 Å². The van der Waals surface area contributed by atoms with Gasteiger partial charge in [0.2, 0.25) is 0 Å². The number of nitrogens with zero attached hydrogens (tertiary/aromatic N) is 2. The van der Waals surface area contributed by atoms with Gasteiger partial charge in [-0.25, -0.2) is 4.98 Å². The number of benzene rings is 2. The Bertz CT molecular complexity index is 943. The van der Waals surface area contributed by atoms with Gasteiger partial charge in [0.15, 0.2) is 5.82 Å². The third-order valence-electron chi connectivity index (χ3n) is 5.80. The van der Waals surface area contributed by atoms with Crippen LogP contribution in [0.2, 0.25) is 0 Å². The first-order valence-electron chi connectivity index (χ1n) is 9.00. The fourth-order valence-corrected chi connectivity index (χ4v) is 5.07. The van der Waals surface area contributed by atoms with Gasteiger partial charge in [-0.3, -0.25) is 4.98 Å². The maximum absolute atomic E-state index is 5.81. The lowest BCUT2D eigenvalue weighted by molar-refractivity contribution is 0.421. The molecule has 3 heteroatoms. The molecule has 0 atom stereocenters. The molecule has 1 heterocycles. The molecule has 0 saturated heterocycles. The van der Waals surface area contributed by atoms with Crippen molar-refractivity contribution in [3.8, 4) is 22.6 Å². The maximum atomic E-state index is 5.81. The summed E-state index contributed by atoms with van der Waals surface area (Å²) in [6.07, 6.45) is 6.03. The molecular formula is C22H19N2S-. The highest BCUT2D eigenvalue weighted by Crippen LogP contribution is 2.52. The summed E-state index contributed by atoms with van der Waals surface area (Å²) in [7, 11) is 0. The highest BCUT2D eigenvalue weighted by molar-refractivity contribution is 7.58. The number of hydrogen-bond donors (Lipinski definition) is 0. The molecule has 2 aliphatic rings. The Balaban J connectivity index is 1.79. The van der Waals surface area contributed by atoms with Crippen molar-refractivity contribution >= 4 is 12.6 Å². The van der Waals surface area contributed by atoms with Crippen LogP contribution < -0.4 is 0 Å². The van der Waals surface area contributed by atoms with E-state index in [4.69, 9.17) is 22.6 Å². The van der Waals surface area contributed by atoms with Crippen LogP contribution in [0.3, 0.4) is 0 Å². The van der Waals surface area contributed by atoms with Gasteiger partial charge in [0.05, 0.1) is 5.69 Å². The lowest BCUT2D eigenvalue weighted by Gasteiger charge is -2.39. The van der Waals surface area contributed by atoms with Crippen LogP contribution in [0.4, 0.5) is 0 Å².